The Balaban J connectivity index is 0.00000312. The van der Waals surface area contributed by atoms with Crippen molar-refractivity contribution < 1.29 is 9.47 Å². The van der Waals surface area contributed by atoms with E-state index >= 15 is 0 Å². The zero-order valence-corrected chi connectivity index (χ0v) is 16.3. The van der Waals surface area contributed by atoms with Crippen molar-refractivity contribution in [2.75, 3.05) is 13.2 Å². The van der Waals surface area contributed by atoms with Crippen molar-refractivity contribution in [3.05, 3.63) is 59.7 Å². The zero-order chi connectivity index (χ0) is 17.2. The molecule has 0 radical (unpaired) electrons. The highest BCUT2D eigenvalue weighted by Gasteiger charge is 2.11. The van der Waals surface area contributed by atoms with E-state index in [9.17, 15) is 0 Å². The third-order valence-electron chi connectivity index (χ3n) is 3.80. The van der Waals surface area contributed by atoms with Crippen LogP contribution in [0.5, 0.6) is 11.5 Å². The average molecular weight is 364 g/mol. The number of ether oxygens (including phenoxy) is 2. The van der Waals surface area contributed by atoms with Gasteiger partial charge in [-0.3, -0.25) is 0 Å². The van der Waals surface area contributed by atoms with Gasteiger partial charge < -0.3 is 14.8 Å². The van der Waals surface area contributed by atoms with Crippen LogP contribution in [0.1, 0.15) is 38.3 Å². The van der Waals surface area contributed by atoms with Crippen LogP contribution in [0, 0.1) is 5.92 Å². The van der Waals surface area contributed by atoms with Crippen molar-refractivity contribution in [2.45, 2.75) is 40.3 Å². The molecular formula is C21H30ClNO2. The third kappa shape index (κ3) is 7.37. The summed E-state index contributed by atoms with van der Waals surface area (Å²) in [6, 6.07) is 16.3. The molecule has 0 aliphatic carbocycles. The van der Waals surface area contributed by atoms with E-state index < -0.39 is 0 Å². The fraction of sp³-hybridized carbons (Fsp3) is 0.429. The van der Waals surface area contributed by atoms with Crippen LogP contribution in [0.25, 0.3) is 0 Å². The Morgan fingerprint density at radius 2 is 1.72 bits per heavy atom. The monoisotopic (exact) mass is 363 g/mol. The molecule has 4 heteroatoms. The minimum absolute atomic E-state index is 0. The minimum Gasteiger partial charge on any atom is -0.490 e. The predicted octanol–water partition coefficient (Wildman–Crippen LogP) is 5.22. The Hall–Kier alpha value is -1.71. The summed E-state index contributed by atoms with van der Waals surface area (Å²) in [5, 5.41) is 3.51. The smallest absolute Gasteiger partial charge is 0.166 e. The van der Waals surface area contributed by atoms with Crippen LogP contribution in [0.15, 0.2) is 48.5 Å². The molecule has 0 heterocycles. The van der Waals surface area contributed by atoms with Crippen LogP contribution in [-0.2, 0) is 13.2 Å². The van der Waals surface area contributed by atoms with E-state index in [1.807, 2.05) is 37.3 Å². The molecule has 0 spiro atoms. The Morgan fingerprint density at radius 1 is 0.960 bits per heavy atom. The lowest BCUT2D eigenvalue weighted by atomic mass is 10.1. The summed E-state index contributed by atoms with van der Waals surface area (Å²) in [6.45, 7) is 9.45. The Morgan fingerprint density at radius 3 is 2.40 bits per heavy atom. The van der Waals surface area contributed by atoms with Crippen LogP contribution in [0.3, 0.4) is 0 Å². The van der Waals surface area contributed by atoms with Crippen molar-refractivity contribution in [1.82, 2.24) is 5.32 Å². The van der Waals surface area contributed by atoms with Crippen molar-refractivity contribution in [1.29, 1.82) is 0 Å². The molecular weight excluding hydrogens is 334 g/mol. The van der Waals surface area contributed by atoms with Crippen LogP contribution >= 0.6 is 12.4 Å². The Labute approximate surface area is 158 Å². The third-order valence-corrected chi connectivity index (χ3v) is 3.80. The van der Waals surface area contributed by atoms with E-state index in [1.165, 1.54) is 6.42 Å². The van der Waals surface area contributed by atoms with Gasteiger partial charge in [-0.1, -0.05) is 56.3 Å². The normalized spacial score (nSPS) is 10.4. The molecule has 0 saturated carbocycles. The molecule has 2 aromatic carbocycles. The first-order chi connectivity index (χ1) is 11.7. The summed E-state index contributed by atoms with van der Waals surface area (Å²) in [5.74, 6) is 2.37. The molecule has 0 atom stereocenters. The maximum absolute atomic E-state index is 6.12. The lowest BCUT2D eigenvalue weighted by Crippen LogP contribution is -2.17. The van der Waals surface area contributed by atoms with Crippen molar-refractivity contribution >= 4 is 12.4 Å². The van der Waals surface area contributed by atoms with E-state index in [2.05, 4.69) is 37.4 Å². The highest BCUT2D eigenvalue weighted by molar-refractivity contribution is 5.85. The van der Waals surface area contributed by atoms with E-state index in [-0.39, 0.29) is 12.4 Å². The van der Waals surface area contributed by atoms with E-state index in [0.717, 1.165) is 35.7 Å². The van der Waals surface area contributed by atoms with Gasteiger partial charge in [0.2, 0.25) is 0 Å². The second kappa shape index (κ2) is 11.8. The second-order valence-electron chi connectivity index (χ2n) is 6.31. The van der Waals surface area contributed by atoms with Crippen molar-refractivity contribution in [3.8, 4) is 11.5 Å². The number of nitrogens with one attached hydrogen (secondary N) is 1. The van der Waals surface area contributed by atoms with Gasteiger partial charge >= 0.3 is 0 Å². The van der Waals surface area contributed by atoms with Gasteiger partial charge in [-0.25, -0.2) is 0 Å². The summed E-state index contributed by atoms with van der Waals surface area (Å²) in [7, 11) is 0. The average Bonchev–Trinajstić information content (AvgIpc) is 2.59. The molecule has 2 aromatic rings. The molecule has 0 amide bonds. The van der Waals surface area contributed by atoms with Gasteiger partial charge in [0, 0.05) is 12.1 Å². The first kappa shape index (κ1) is 21.3. The van der Waals surface area contributed by atoms with Gasteiger partial charge in [0.15, 0.2) is 11.5 Å². The molecule has 0 aliphatic heterocycles. The van der Waals surface area contributed by atoms with E-state index in [1.54, 1.807) is 0 Å². The lowest BCUT2D eigenvalue weighted by Gasteiger charge is -2.17. The van der Waals surface area contributed by atoms with Gasteiger partial charge in [-0.15, -0.1) is 12.4 Å². The summed E-state index contributed by atoms with van der Waals surface area (Å²) in [4.78, 5) is 0. The maximum atomic E-state index is 6.12. The lowest BCUT2D eigenvalue weighted by molar-refractivity contribution is 0.266. The Bertz CT molecular complexity index is 602. The SMILES string of the molecule is CCOc1cccc(CNCCC(C)C)c1OCc1ccccc1.Cl. The number of benzene rings is 2. The number of halogens is 1. The molecule has 25 heavy (non-hydrogen) atoms. The fourth-order valence-electron chi connectivity index (χ4n) is 2.48. The highest BCUT2D eigenvalue weighted by atomic mass is 35.5. The summed E-state index contributed by atoms with van der Waals surface area (Å²) < 4.78 is 11.9. The van der Waals surface area contributed by atoms with Gasteiger partial charge in [0.25, 0.3) is 0 Å². The topological polar surface area (TPSA) is 30.5 Å². The number of hydrogen-bond donors (Lipinski definition) is 1. The van der Waals surface area contributed by atoms with Crippen LogP contribution in [0.4, 0.5) is 0 Å². The van der Waals surface area contributed by atoms with Crippen LogP contribution < -0.4 is 14.8 Å². The molecule has 0 bridgehead atoms. The Kier molecular flexibility index (Phi) is 10.0. The maximum Gasteiger partial charge on any atom is 0.166 e. The van der Waals surface area contributed by atoms with Gasteiger partial charge in [-0.2, -0.15) is 0 Å². The number of para-hydroxylation sites is 1. The van der Waals surface area contributed by atoms with Crippen LogP contribution in [0.2, 0.25) is 0 Å². The van der Waals surface area contributed by atoms with E-state index in [0.29, 0.717) is 19.1 Å². The largest absolute Gasteiger partial charge is 0.490 e. The first-order valence-corrected chi connectivity index (χ1v) is 8.82. The van der Waals surface area contributed by atoms with Crippen LogP contribution in [-0.4, -0.2) is 13.2 Å². The molecule has 3 nitrogen and oxygen atoms in total. The number of rotatable bonds is 10. The molecule has 0 unspecified atom stereocenters. The first-order valence-electron chi connectivity index (χ1n) is 8.82. The standard InChI is InChI=1S/C21H29NO2.ClH/c1-4-23-20-12-8-11-19(15-22-14-13-17(2)3)21(20)24-16-18-9-6-5-7-10-18;/h5-12,17,22H,4,13-16H2,1-3H3;1H. The second-order valence-corrected chi connectivity index (χ2v) is 6.31. The molecule has 1 N–H and O–H groups in total. The molecule has 0 aliphatic rings. The highest BCUT2D eigenvalue weighted by Crippen LogP contribution is 2.32. The molecule has 0 fully saturated rings. The van der Waals surface area contributed by atoms with Crippen molar-refractivity contribution in [3.63, 3.8) is 0 Å². The van der Waals surface area contributed by atoms with Gasteiger partial charge in [0.1, 0.15) is 6.61 Å². The van der Waals surface area contributed by atoms with E-state index in [4.69, 9.17) is 9.47 Å². The van der Waals surface area contributed by atoms with Crippen molar-refractivity contribution in [2.24, 2.45) is 5.92 Å². The fourth-order valence-corrected chi connectivity index (χ4v) is 2.48. The van der Waals surface area contributed by atoms with Gasteiger partial charge in [0.05, 0.1) is 6.61 Å². The molecule has 0 saturated heterocycles. The number of hydrogen-bond acceptors (Lipinski definition) is 3. The summed E-state index contributed by atoms with van der Waals surface area (Å²) in [5.41, 5.74) is 2.29. The van der Waals surface area contributed by atoms with Gasteiger partial charge in [-0.05, 0) is 37.4 Å². The zero-order valence-electron chi connectivity index (χ0n) is 15.5. The predicted molar refractivity (Wildman–Crippen MR) is 107 cm³/mol. The summed E-state index contributed by atoms with van der Waals surface area (Å²) in [6.07, 6.45) is 1.17. The molecule has 138 valence electrons. The minimum atomic E-state index is 0. The quantitative estimate of drug-likeness (QED) is 0.587. The summed E-state index contributed by atoms with van der Waals surface area (Å²) >= 11 is 0. The molecule has 2 rings (SSSR count). The molecule has 0 aromatic heterocycles.